The van der Waals surface area contributed by atoms with E-state index in [0.717, 1.165) is 38.8 Å². The molecule has 1 fully saturated rings. The summed E-state index contributed by atoms with van der Waals surface area (Å²) in [7, 11) is 0. The highest BCUT2D eigenvalue weighted by molar-refractivity contribution is 5.68. The van der Waals surface area contributed by atoms with Crippen LogP contribution in [0.25, 0.3) is 4.85 Å². The molecule has 0 aliphatic carbocycles. The Labute approximate surface area is 110 Å². The number of carbonyl (C=O) groups excluding carboxylic acids is 1. The maximum absolute atomic E-state index is 11.8. The predicted octanol–water partition coefficient (Wildman–Crippen LogP) is 3.33. The highest BCUT2D eigenvalue weighted by atomic mass is 16.6. The van der Waals surface area contributed by atoms with Crippen LogP contribution in [-0.4, -0.2) is 36.2 Å². The van der Waals surface area contributed by atoms with Crippen LogP contribution in [-0.2, 0) is 4.74 Å². The predicted molar refractivity (Wildman–Crippen MR) is 71.2 cm³/mol. The molecule has 0 aromatic heterocycles. The van der Waals surface area contributed by atoms with E-state index < -0.39 is 5.60 Å². The van der Waals surface area contributed by atoms with Crippen LogP contribution in [0.4, 0.5) is 4.79 Å². The van der Waals surface area contributed by atoms with Crippen LogP contribution in [0.5, 0.6) is 0 Å². The number of carbonyl (C=O) groups is 1. The molecule has 0 bridgehead atoms. The average molecular weight is 252 g/mol. The van der Waals surface area contributed by atoms with Gasteiger partial charge >= 0.3 is 6.09 Å². The topological polar surface area (TPSA) is 33.9 Å². The van der Waals surface area contributed by atoms with E-state index in [-0.39, 0.29) is 6.09 Å². The van der Waals surface area contributed by atoms with Crippen molar-refractivity contribution in [3.05, 3.63) is 11.4 Å². The molecule has 18 heavy (non-hydrogen) atoms. The van der Waals surface area contributed by atoms with Crippen molar-refractivity contribution >= 4 is 6.09 Å². The fraction of sp³-hybridized carbons (Fsp3) is 0.857. The summed E-state index contributed by atoms with van der Waals surface area (Å²) in [5, 5.41) is 0. The lowest BCUT2D eigenvalue weighted by molar-refractivity contribution is 0.0181. The Kier molecular flexibility index (Phi) is 5.46. The fourth-order valence-corrected chi connectivity index (χ4v) is 2.19. The Balaban J connectivity index is 2.27. The van der Waals surface area contributed by atoms with Crippen LogP contribution < -0.4 is 0 Å². The van der Waals surface area contributed by atoms with Gasteiger partial charge in [-0.1, -0.05) is 0 Å². The third-order valence-corrected chi connectivity index (χ3v) is 3.15. The zero-order chi connectivity index (χ0) is 13.6. The summed E-state index contributed by atoms with van der Waals surface area (Å²) < 4.78 is 5.36. The van der Waals surface area contributed by atoms with E-state index in [1.54, 1.807) is 4.90 Å². The lowest BCUT2D eigenvalue weighted by Crippen LogP contribution is -2.41. The number of hydrogen-bond donors (Lipinski definition) is 0. The van der Waals surface area contributed by atoms with Gasteiger partial charge in [0.2, 0.25) is 6.54 Å². The highest BCUT2D eigenvalue weighted by Crippen LogP contribution is 2.23. The molecule has 4 nitrogen and oxygen atoms in total. The molecule has 0 spiro atoms. The molecular weight excluding hydrogens is 228 g/mol. The second kappa shape index (κ2) is 6.63. The molecule has 1 rings (SSSR count). The van der Waals surface area contributed by atoms with Crippen molar-refractivity contribution in [3.63, 3.8) is 0 Å². The minimum Gasteiger partial charge on any atom is -0.444 e. The summed E-state index contributed by atoms with van der Waals surface area (Å²) in [6.07, 6.45) is 3.99. The summed E-state index contributed by atoms with van der Waals surface area (Å²) in [4.78, 5) is 17.0. The fourth-order valence-electron chi connectivity index (χ4n) is 2.19. The van der Waals surface area contributed by atoms with E-state index in [4.69, 9.17) is 11.3 Å². The summed E-state index contributed by atoms with van der Waals surface area (Å²) in [5.41, 5.74) is -0.413. The molecule has 1 heterocycles. The van der Waals surface area contributed by atoms with Gasteiger partial charge in [0.15, 0.2) is 0 Å². The molecule has 0 radical (unpaired) electrons. The molecule has 102 valence electrons. The maximum atomic E-state index is 11.8. The van der Waals surface area contributed by atoms with Gasteiger partial charge in [0, 0.05) is 19.5 Å². The van der Waals surface area contributed by atoms with Gasteiger partial charge in [0.1, 0.15) is 5.60 Å². The first-order valence-electron chi connectivity index (χ1n) is 6.73. The van der Waals surface area contributed by atoms with E-state index in [0.29, 0.717) is 12.5 Å². The lowest BCUT2D eigenvalue weighted by atomic mass is 9.92. The van der Waals surface area contributed by atoms with E-state index in [9.17, 15) is 4.79 Å². The van der Waals surface area contributed by atoms with E-state index >= 15 is 0 Å². The Bertz CT molecular complexity index is 307. The summed E-state index contributed by atoms with van der Waals surface area (Å²) in [6.45, 7) is 14.6. The SMILES string of the molecule is [C-]#[N+]CCCC1CCN(C(=O)OC(C)(C)C)CC1. The van der Waals surface area contributed by atoms with E-state index in [1.165, 1.54) is 0 Å². The van der Waals surface area contributed by atoms with E-state index in [2.05, 4.69) is 4.85 Å². The van der Waals surface area contributed by atoms with Gasteiger partial charge in [0.05, 0.1) is 0 Å². The van der Waals surface area contributed by atoms with Gasteiger partial charge in [0.25, 0.3) is 0 Å². The van der Waals surface area contributed by atoms with Gasteiger partial charge in [-0.15, -0.1) is 0 Å². The zero-order valence-corrected chi connectivity index (χ0v) is 11.7. The van der Waals surface area contributed by atoms with Crippen LogP contribution in [0.15, 0.2) is 0 Å². The minimum absolute atomic E-state index is 0.192. The van der Waals surface area contributed by atoms with Crippen molar-refractivity contribution in [2.24, 2.45) is 5.92 Å². The number of likely N-dealkylation sites (tertiary alicyclic amines) is 1. The smallest absolute Gasteiger partial charge is 0.410 e. The largest absolute Gasteiger partial charge is 0.444 e. The first-order valence-corrected chi connectivity index (χ1v) is 6.73. The van der Waals surface area contributed by atoms with E-state index in [1.807, 2.05) is 20.8 Å². The quantitative estimate of drug-likeness (QED) is 0.570. The number of hydrogen-bond acceptors (Lipinski definition) is 2. The molecule has 0 aromatic rings. The van der Waals surface area contributed by atoms with Gasteiger partial charge < -0.3 is 14.5 Å². The molecule has 4 heteroatoms. The number of amides is 1. The summed E-state index contributed by atoms with van der Waals surface area (Å²) in [5.74, 6) is 0.672. The molecular formula is C14H24N2O2. The highest BCUT2D eigenvalue weighted by Gasteiger charge is 2.26. The molecule has 0 atom stereocenters. The number of nitrogens with zero attached hydrogens (tertiary/aromatic N) is 2. The van der Waals surface area contributed by atoms with Crippen molar-refractivity contribution in [3.8, 4) is 0 Å². The van der Waals surface area contributed by atoms with Gasteiger partial charge in [-0.2, -0.15) is 0 Å². The Hall–Kier alpha value is -1.24. The molecule has 0 saturated carbocycles. The second-order valence-corrected chi connectivity index (χ2v) is 5.93. The molecule has 1 aliphatic rings. The summed E-state index contributed by atoms with van der Waals surface area (Å²) >= 11 is 0. The van der Waals surface area contributed by atoms with Crippen molar-refractivity contribution < 1.29 is 9.53 Å². The molecule has 0 aromatic carbocycles. The lowest BCUT2D eigenvalue weighted by Gasteiger charge is -2.33. The Morgan fingerprint density at radius 3 is 2.50 bits per heavy atom. The Morgan fingerprint density at radius 2 is 2.00 bits per heavy atom. The van der Waals surface area contributed by atoms with Crippen molar-refractivity contribution in [2.45, 2.75) is 52.1 Å². The third-order valence-electron chi connectivity index (χ3n) is 3.15. The number of rotatable bonds is 3. The average Bonchev–Trinajstić information content (AvgIpc) is 2.28. The minimum atomic E-state index is -0.413. The first-order chi connectivity index (χ1) is 8.42. The summed E-state index contributed by atoms with van der Waals surface area (Å²) in [6, 6.07) is 0. The second-order valence-electron chi connectivity index (χ2n) is 5.93. The molecule has 0 N–H and O–H groups in total. The standard InChI is InChI=1S/C14H24N2O2/c1-14(2,3)18-13(17)16-10-7-12(8-11-16)6-5-9-15-4/h12H,5-11H2,1-3H3. The monoisotopic (exact) mass is 252 g/mol. The van der Waals surface area contributed by atoms with Crippen LogP contribution in [0.3, 0.4) is 0 Å². The van der Waals surface area contributed by atoms with Crippen LogP contribution in [0, 0.1) is 12.5 Å². The Morgan fingerprint density at radius 1 is 1.39 bits per heavy atom. The maximum Gasteiger partial charge on any atom is 0.410 e. The number of piperidine rings is 1. The first kappa shape index (κ1) is 14.8. The van der Waals surface area contributed by atoms with Gasteiger partial charge in [-0.3, -0.25) is 0 Å². The zero-order valence-electron chi connectivity index (χ0n) is 11.7. The van der Waals surface area contributed by atoms with Crippen molar-refractivity contribution in [2.75, 3.05) is 19.6 Å². The van der Waals surface area contributed by atoms with Crippen LogP contribution in [0.2, 0.25) is 0 Å². The number of ether oxygens (including phenoxy) is 1. The van der Waals surface area contributed by atoms with Crippen LogP contribution in [0.1, 0.15) is 46.5 Å². The van der Waals surface area contributed by atoms with Gasteiger partial charge in [-0.05, 0) is 46.0 Å². The van der Waals surface area contributed by atoms with Crippen molar-refractivity contribution in [1.29, 1.82) is 0 Å². The molecule has 1 aliphatic heterocycles. The molecule has 1 saturated heterocycles. The third kappa shape index (κ3) is 5.39. The van der Waals surface area contributed by atoms with Crippen molar-refractivity contribution in [1.82, 2.24) is 4.90 Å². The molecule has 0 unspecified atom stereocenters. The van der Waals surface area contributed by atoms with Gasteiger partial charge in [-0.25, -0.2) is 11.4 Å². The van der Waals surface area contributed by atoms with Crippen LogP contribution >= 0.6 is 0 Å². The normalized spacial score (nSPS) is 17.3. The molecule has 1 amide bonds.